The highest BCUT2D eigenvalue weighted by atomic mass is 127. The first kappa shape index (κ1) is 19.2. The van der Waals surface area contributed by atoms with Gasteiger partial charge in [-0.2, -0.15) is 5.10 Å². The molecule has 6 heteroatoms. The second-order valence-electron chi connectivity index (χ2n) is 4.99. The summed E-state index contributed by atoms with van der Waals surface area (Å²) in [6.45, 7) is 10.2. The Kier molecular flexibility index (Phi) is 11.5. The summed E-state index contributed by atoms with van der Waals surface area (Å²) in [4.78, 5) is 4.56. The molecular formula is C14H28IN5. The Hall–Kier alpha value is -0.790. The SMILES string of the molecule is CCNC(=NCCCn1cccn1)NCCC(C)C.I. The van der Waals surface area contributed by atoms with Crippen LogP contribution in [-0.4, -0.2) is 35.4 Å². The molecule has 116 valence electrons. The van der Waals surface area contributed by atoms with E-state index in [0.29, 0.717) is 0 Å². The molecule has 0 atom stereocenters. The molecule has 1 heterocycles. The van der Waals surface area contributed by atoms with E-state index in [4.69, 9.17) is 0 Å². The van der Waals surface area contributed by atoms with Gasteiger partial charge in [0.1, 0.15) is 0 Å². The monoisotopic (exact) mass is 393 g/mol. The second kappa shape index (κ2) is 12.0. The van der Waals surface area contributed by atoms with Crippen LogP contribution in [0.2, 0.25) is 0 Å². The van der Waals surface area contributed by atoms with Crippen molar-refractivity contribution in [3.05, 3.63) is 18.5 Å². The maximum Gasteiger partial charge on any atom is 0.191 e. The van der Waals surface area contributed by atoms with Crippen LogP contribution in [0.15, 0.2) is 23.5 Å². The third kappa shape index (κ3) is 9.17. The minimum atomic E-state index is 0. The van der Waals surface area contributed by atoms with Crippen molar-refractivity contribution in [2.75, 3.05) is 19.6 Å². The highest BCUT2D eigenvalue weighted by Crippen LogP contribution is 1.96. The number of nitrogens with zero attached hydrogens (tertiary/aromatic N) is 3. The molecule has 0 amide bonds. The maximum atomic E-state index is 4.56. The van der Waals surface area contributed by atoms with E-state index in [1.807, 2.05) is 16.9 Å². The smallest absolute Gasteiger partial charge is 0.191 e. The van der Waals surface area contributed by atoms with Crippen LogP contribution in [0.1, 0.15) is 33.6 Å². The molecule has 0 saturated heterocycles. The first-order valence-corrected chi connectivity index (χ1v) is 7.22. The van der Waals surface area contributed by atoms with Crippen molar-refractivity contribution < 1.29 is 0 Å². The van der Waals surface area contributed by atoms with Crippen molar-refractivity contribution in [1.82, 2.24) is 20.4 Å². The Morgan fingerprint density at radius 1 is 1.35 bits per heavy atom. The molecular weight excluding hydrogens is 365 g/mol. The average molecular weight is 393 g/mol. The molecule has 0 aliphatic rings. The fourth-order valence-electron chi connectivity index (χ4n) is 1.68. The van der Waals surface area contributed by atoms with E-state index >= 15 is 0 Å². The zero-order valence-electron chi connectivity index (χ0n) is 12.8. The van der Waals surface area contributed by atoms with E-state index in [1.165, 1.54) is 0 Å². The number of halogens is 1. The van der Waals surface area contributed by atoms with Crippen LogP contribution >= 0.6 is 24.0 Å². The van der Waals surface area contributed by atoms with Gasteiger partial charge in [0.15, 0.2) is 5.96 Å². The van der Waals surface area contributed by atoms with Crippen molar-refractivity contribution in [2.24, 2.45) is 10.9 Å². The van der Waals surface area contributed by atoms with Crippen LogP contribution in [-0.2, 0) is 6.54 Å². The van der Waals surface area contributed by atoms with Crippen molar-refractivity contribution in [1.29, 1.82) is 0 Å². The third-order valence-corrected chi connectivity index (χ3v) is 2.73. The molecule has 0 aromatic carbocycles. The van der Waals surface area contributed by atoms with E-state index < -0.39 is 0 Å². The topological polar surface area (TPSA) is 54.2 Å². The molecule has 2 N–H and O–H groups in total. The molecule has 0 aliphatic carbocycles. The summed E-state index contributed by atoms with van der Waals surface area (Å²) in [5.41, 5.74) is 0. The summed E-state index contributed by atoms with van der Waals surface area (Å²) in [6, 6.07) is 1.95. The van der Waals surface area contributed by atoms with Crippen LogP contribution in [0.4, 0.5) is 0 Å². The first-order chi connectivity index (χ1) is 9.22. The minimum Gasteiger partial charge on any atom is -0.357 e. The summed E-state index contributed by atoms with van der Waals surface area (Å²) in [5, 5.41) is 10.8. The Balaban J connectivity index is 0.00000361. The highest BCUT2D eigenvalue weighted by Gasteiger charge is 1.98. The second-order valence-corrected chi connectivity index (χ2v) is 4.99. The molecule has 0 radical (unpaired) electrons. The number of aromatic nitrogens is 2. The van der Waals surface area contributed by atoms with Crippen molar-refractivity contribution in [2.45, 2.75) is 40.2 Å². The van der Waals surface area contributed by atoms with E-state index in [0.717, 1.165) is 50.9 Å². The molecule has 1 rings (SSSR count). The van der Waals surface area contributed by atoms with Crippen molar-refractivity contribution in [3.8, 4) is 0 Å². The summed E-state index contributed by atoms with van der Waals surface area (Å²) < 4.78 is 1.94. The number of nitrogens with one attached hydrogen (secondary N) is 2. The zero-order chi connectivity index (χ0) is 13.9. The van der Waals surface area contributed by atoms with Gasteiger partial charge in [-0.05, 0) is 31.7 Å². The van der Waals surface area contributed by atoms with Gasteiger partial charge in [0, 0.05) is 38.6 Å². The van der Waals surface area contributed by atoms with Crippen LogP contribution in [0, 0.1) is 5.92 Å². The lowest BCUT2D eigenvalue weighted by atomic mass is 10.1. The molecule has 20 heavy (non-hydrogen) atoms. The molecule has 5 nitrogen and oxygen atoms in total. The summed E-state index contributed by atoms with van der Waals surface area (Å²) in [5.74, 6) is 1.64. The Morgan fingerprint density at radius 3 is 2.75 bits per heavy atom. The van der Waals surface area contributed by atoms with Crippen molar-refractivity contribution in [3.63, 3.8) is 0 Å². The van der Waals surface area contributed by atoms with Crippen molar-refractivity contribution >= 4 is 29.9 Å². The van der Waals surface area contributed by atoms with Gasteiger partial charge in [0.25, 0.3) is 0 Å². The maximum absolute atomic E-state index is 4.56. The average Bonchev–Trinajstić information content (AvgIpc) is 2.87. The summed E-state index contributed by atoms with van der Waals surface area (Å²) >= 11 is 0. The fraction of sp³-hybridized carbons (Fsp3) is 0.714. The standard InChI is InChI=1S/C14H27N5.HI/c1-4-15-14(17-10-7-13(2)3)16-8-5-11-19-12-6-9-18-19;/h6,9,12-13H,4-5,7-8,10-11H2,1-3H3,(H2,15,16,17);1H. The van der Waals surface area contributed by atoms with E-state index in [9.17, 15) is 0 Å². The number of aryl methyl sites for hydroxylation is 1. The van der Waals surface area contributed by atoms with Gasteiger partial charge in [0.2, 0.25) is 0 Å². The Morgan fingerprint density at radius 2 is 2.15 bits per heavy atom. The number of hydrogen-bond acceptors (Lipinski definition) is 2. The van der Waals surface area contributed by atoms with Crippen LogP contribution in [0.5, 0.6) is 0 Å². The van der Waals surface area contributed by atoms with E-state index in [2.05, 4.69) is 41.5 Å². The molecule has 0 spiro atoms. The molecule has 0 unspecified atom stereocenters. The van der Waals surface area contributed by atoms with Crippen LogP contribution < -0.4 is 10.6 Å². The lowest BCUT2D eigenvalue weighted by molar-refractivity contribution is 0.569. The molecule has 0 saturated carbocycles. The first-order valence-electron chi connectivity index (χ1n) is 7.22. The lowest BCUT2D eigenvalue weighted by Gasteiger charge is -2.12. The highest BCUT2D eigenvalue weighted by molar-refractivity contribution is 14.0. The van der Waals surface area contributed by atoms with Gasteiger partial charge < -0.3 is 10.6 Å². The predicted molar refractivity (Wildman–Crippen MR) is 95.7 cm³/mol. The van der Waals surface area contributed by atoms with Gasteiger partial charge in [-0.1, -0.05) is 13.8 Å². The Bertz CT molecular complexity index is 348. The Labute approximate surface area is 139 Å². The lowest BCUT2D eigenvalue weighted by Crippen LogP contribution is -2.38. The van der Waals surface area contributed by atoms with Crippen LogP contribution in [0.3, 0.4) is 0 Å². The van der Waals surface area contributed by atoms with Gasteiger partial charge in [0.05, 0.1) is 0 Å². The fourth-order valence-corrected chi connectivity index (χ4v) is 1.68. The number of rotatable bonds is 8. The molecule has 1 aromatic heterocycles. The third-order valence-electron chi connectivity index (χ3n) is 2.73. The molecule has 0 aliphatic heterocycles. The molecule has 0 fully saturated rings. The molecule has 1 aromatic rings. The number of guanidine groups is 1. The number of hydrogen-bond donors (Lipinski definition) is 2. The van der Waals surface area contributed by atoms with Gasteiger partial charge in [-0.3, -0.25) is 9.67 Å². The summed E-state index contributed by atoms with van der Waals surface area (Å²) in [6.07, 6.45) is 5.96. The van der Waals surface area contributed by atoms with E-state index in [-0.39, 0.29) is 24.0 Å². The van der Waals surface area contributed by atoms with E-state index in [1.54, 1.807) is 6.20 Å². The van der Waals surface area contributed by atoms with Gasteiger partial charge >= 0.3 is 0 Å². The predicted octanol–water partition coefficient (Wildman–Crippen LogP) is 2.49. The van der Waals surface area contributed by atoms with Gasteiger partial charge in [-0.15, -0.1) is 24.0 Å². The normalized spacial score (nSPS) is 11.3. The zero-order valence-corrected chi connectivity index (χ0v) is 15.1. The minimum absolute atomic E-state index is 0. The van der Waals surface area contributed by atoms with Gasteiger partial charge in [-0.25, -0.2) is 0 Å². The summed E-state index contributed by atoms with van der Waals surface area (Å²) in [7, 11) is 0. The number of aliphatic imine (C=N–C) groups is 1. The van der Waals surface area contributed by atoms with Crippen LogP contribution in [0.25, 0.3) is 0 Å². The quantitative estimate of drug-likeness (QED) is 0.309. The largest absolute Gasteiger partial charge is 0.357 e. The molecule has 0 bridgehead atoms.